The van der Waals surface area contributed by atoms with Crippen molar-refractivity contribution in [1.82, 2.24) is 15.0 Å². The van der Waals surface area contributed by atoms with Crippen LogP contribution in [0.3, 0.4) is 0 Å². The number of para-hydroxylation sites is 1. The van der Waals surface area contributed by atoms with Crippen molar-refractivity contribution >= 4 is 21.9 Å². The van der Waals surface area contributed by atoms with Crippen molar-refractivity contribution in [3.8, 4) is 56.4 Å². The molecule has 0 saturated heterocycles. The molecule has 0 fully saturated rings. The van der Waals surface area contributed by atoms with E-state index in [1.54, 1.807) is 0 Å². The quantitative estimate of drug-likeness (QED) is 0.193. The lowest BCUT2D eigenvalue weighted by Gasteiger charge is -2.48. The molecule has 0 unspecified atom stereocenters. The molecular weight excluding hydrogens is 599 g/mol. The SMILES string of the molecule is CC1(C)c2cc(-c3ccc(-c4nc(-c5ccccc5)nc(-c5ccccc5)n4)cc3)ccc2-c2c(ccc3oc4ccccc4c23)C1(C)C. The van der Waals surface area contributed by atoms with E-state index in [1.807, 2.05) is 66.7 Å². The molecule has 0 saturated carbocycles. The molecule has 1 aliphatic carbocycles. The summed E-state index contributed by atoms with van der Waals surface area (Å²) in [5.41, 5.74) is 12.1. The average Bonchev–Trinajstić information content (AvgIpc) is 3.53. The highest BCUT2D eigenvalue weighted by molar-refractivity contribution is 6.14. The number of hydrogen-bond donors (Lipinski definition) is 0. The minimum absolute atomic E-state index is 0.115. The van der Waals surface area contributed by atoms with Crippen molar-refractivity contribution in [3.05, 3.63) is 151 Å². The van der Waals surface area contributed by atoms with Gasteiger partial charge in [-0.05, 0) is 62.4 Å². The zero-order chi connectivity index (χ0) is 33.3. The van der Waals surface area contributed by atoms with Gasteiger partial charge in [0.2, 0.25) is 0 Å². The molecule has 0 radical (unpaired) electrons. The molecule has 1 aliphatic rings. The highest BCUT2D eigenvalue weighted by atomic mass is 16.3. The molecule has 2 heterocycles. The van der Waals surface area contributed by atoms with E-state index in [0.29, 0.717) is 17.5 Å². The molecule has 9 rings (SSSR count). The lowest BCUT2D eigenvalue weighted by Crippen LogP contribution is -2.43. The number of hydrogen-bond acceptors (Lipinski definition) is 4. The Morgan fingerprint density at radius 2 is 0.939 bits per heavy atom. The van der Waals surface area contributed by atoms with Crippen LogP contribution in [-0.4, -0.2) is 15.0 Å². The lowest BCUT2D eigenvalue weighted by atomic mass is 9.55. The molecule has 0 spiro atoms. The van der Waals surface area contributed by atoms with Crippen LogP contribution in [0.1, 0.15) is 38.8 Å². The minimum atomic E-state index is -0.120. The summed E-state index contributed by atoms with van der Waals surface area (Å²) >= 11 is 0. The van der Waals surface area contributed by atoms with Crippen LogP contribution in [0.5, 0.6) is 0 Å². The van der Waals surface area contributed by atoms with Gasteiger partial charge >= 0.3 is 0 Å². The van der Waals surface area contributed by atoms with E-state index in [4.69, 9.17) is 19.4 Å². The normalized spacial score (nSPS) is 14.4. The van der Waals surface area contributed by atoms with Gasteiger partial charge in [0.15, 0.2) is 17.5 Å². The number of nitrogens with zero attached hydrogens (tertiary/aromatic N) is 3. The third kappa shape index (κ3) is 4.55. The molecule has 6 aromatic carbocycles. The summed E-state index contributed by atoms with van der Waals surface area (Å²) in [5.74, 6) is 1.97. The molecule has 2 aromatic heterocycles. The van der Waals surface area contributed by atoms with Crippen LogP contribution in [0.15, 0.2) is 144 Å². The fourth-order valence-electron chi connectivity index (χ4n) is 7.50. The molecule has 0 atom stereocenters. The number of benzene rings is 6. The first-order valence-corrected chi connectivity index (χ1v) is 16.9. The number of rotatable bonds is 4. The van der Waals surface area contributed by atoms with Crippen molar-refractivity contribution in [2.24, 2.45) is 0 Å². The van der Waals surface area contributed by atoms with Gasteiger partial charge in [0.05, 0.1) is 0 Å². The van der Waals surface area contributed by atoms with E-state index in [1.165, 1.54) is 38.6 Å². The molecule has 236 valence electrons. The predicted molar refractivity (Wildman–Crippen MR) is 200 cm³/mol. The van der Waals surface area contributed by atoms with E-state index in [0.717, 1.165) is 33.4 Å². The Bertz CT molecular complexity index is 2470. The Morgan fingerprint density at radius 1 is 0.429 bits per heavy atom. The smallest absolute Gasteiger partial charge is 0.164 e. The van der Waals surface area contributed by atoms with Crippen LogP contribution in [0, 0.1) is 0 Å². The number of aromatic nitrogens is 3. The summed E-state index contributed by atoms with van der Waals surface area (Å²) in [5, 5.41) is 2.37. The van der Waals surface area contributed by atoms with Crippen molar-refractivity contribution in [2.45, 2.75) is 38.5 Å². The fourth-order valence-corrected chi connectivity index (χ4v) is 7.50. The van der Waals surface area contributed by atoms with Gasteiger partial charge in [-0.1, -0.05) is 149 Å². The molecule has 0 amide bonds. The molecule has 0 aliphatic heterocycles. The van der Waals surface area contributed by atoms with Crippen LogP contribution < -0.4 is 0 Å². The number of furan rings is 1. The standard InChI is InChI=1S/C45H35N3O/c1-44(2)35-25-26-38-40(34-17-11-12-18-37(34)49-38)39(35)33-24-23-32(27-36(33)45(44,3)4)28-19-21-31(22-20-28)43-47-41(29-13-7-5-8-14-29)46-42(48-43)30-15-9-6-10-16-30/h5-27H,1-4H3. The molecule has 49 heavy (non-hydrogen) atoms. The third-order valence-electron chi connectivity index (χ3n) is 10.9. The summed E-state index contributed by atoms with van der Waals surface area (Å²) in [7, 11) is 0. The van der Waals surface area contributed by atoms with Crippen molar-refractivity contribution in [1.29, 1.82) is 0 Å². The van der Waals surface area contributed by atoms with Crippen LogP contribution in [0.2, 0.25) is 0 Å². The zero-order valence-corrected chi connectivity index (χ0v) is 28.0. The van der Waals surface area contributed by atoms with Gasteiger partial charge in [-0.3, -0.25) is 0 Å². The third-order valence-corrected chi connectivity index (χ3v) is 10.9. The highest BCUT2D eigenvalue weighted by Crippen LogP contribution is 2.57. The van der Waals surface area contributed by atoms with E-state index in [9.17, 15) is 0 Å². The van der Waals surface area contributed by atoms with E-state index >= 15 is 0 Å². The van der Waals surface area contributed by atoms with E-state index in [-0.39, 0.29) is 10.8 Å². The van der Waals surface area contributed by atoms with E-state index in [2.05, 4.69) is 100 Å². The maximum absolute atomic E-state index is 6.35. The van der Waals surface area contributed by atoms with Gasteiger partial charge in [0.25, 0.3) is 0 Å². The minimum Gasteiger partial charge on any atom is -0.456 e. The van der Waals surface area contributed by atoms with Gasteiger partial charge in [-0.25, -0.2) is 15.0 Å². The van der Waals surface area contributed by atoms with Crippen molar-refractivity contribution in [2.75, 3.05) is 0 Å². The van der Waals surface area contributed by atoms with Gasteiger partial charge in [-0.15, -0.1) is 0 Å². The van der Waals surface area contributed by atoms with Crippen molar-refractivity contribution in [3.63, 3.8) is 0 Å². The Labute approximate surface area is 286 Å². The van der Waals surface area contributed by atoms with Gasteiger partial charge in [-0.2, -0.15) is 0 Å². The Morgan fingerprint density at radius 3 is 1.57 bits per heavy atom. The lowest BCUT2D eigenvalue weighted by molar-refractivity contribution is 0.299. The summed E-state index contributed by atoms with van der Waals surface area (Å²) in [6.45, 7) is 9.53. The van der Waals surface area contributed by atoms with E-state index < -0.39 is 0 Å². The average molecular weight is 634 g/mol. The zero-order valence-electron chi connectivity index (χ0n) is 28.0. The van der Waals surface area contributed by atoms with Crippen LogP contribution >= 0.6 is 0 Å². The molecule has 8 aromatic rings. The topological polar surface area (TPSA) is 51.8 Å². The summed E-state index contributed by atoms with van der Waals surface area (Å²) < 4.78 is 6.35. The fraction of sp³-hybridized carbons (Fsp3) is 0.133. The molecule has 4 nitrogen and oxygen atoms in total. The van der Waals surface area contributed by atoms with Gasteiger partial charge < -0.3 is 4.42 Å². The summed E-state index contributed by atoms with van der Waals surface area (Å²) in [6, 6.07) is 48.6. The first-order chi connectivity index (χ1) is 23.8. The second-order valence-corrected chi connectivity index (χ2v) is 14.1. The van der Waals surface area contributed by atoms with Crippen molar-refractivity contribution < 1.29 is 4.42 Å². The number of fused-ring (bicyclic) bond motifs is 7. The Hall–Kier alpha value is -5.87. The maximum Gasteiger partial charge on any atom is 0.164 e. The molecule has 0 N–H and O–H groups in total. The Kier molecular flexibility index (Phi) is 6.47. The monoisotopic (exact) mass is 633 g/mol. The van der Waals surface area contributed by atoms with Crippen LogP contribution in [0.4, 0.5) is 0 Å². The molecule has 4 heteroatoms. The van der Waals surface area contributed by atoms with Gasteiger partial charge in [0, 0.05) is 27.5 Å². The summed E-state index contributed by atoms with van der Waals surface area (Å²) in [6.07, 6.45) is 0. The first kappa shape index (κ1) is 29.3. The second kappa shape index (κ2) is 10.8. The largest absolute Gasteiger partial charge is 0.456 e. The predicted octanol–water partition coefficient (Wildman–Crippen LogP) is 11.7. The second-order valence-electron chi connectivity index (χ2n) is 14.1. The summed E-state index contributed by atoms with van der Waals surface area (Å²) in [4.78, 5) is 14.7. The van der Waals surface area contributed by atoms with Crippen LogP contribution in [-0.2, 0) is 10.8 Å². The first-order valence-electron chi connectivity index (χ1n) is 16.9. The molecule has 0 bridgehead atoms. The van der Waals surface area contributed by atoms with Gasteiger partial charge in [0.1, 0.15) is 11.2 Å². The van der Waals surface area contributed by atoms with Crippen LogP contribution in [0.25, 0.3) is 78.4 Å². The Balaban J connectivity index is 1.15. The maximum atomic E-state index is 6.35. The molecular formula is C45H35N3O. The highest BCUT2D eigenvalue weighted by Gasteiger charge is 2.46.